The highest BCUT2D eigenvalue weighted by Crippen LogP contribution is 2.07. The van der Waals surface area contributed by atoms with Crippen molar-refractivity contribution in [3.63, 3.8) is 0 Å². The van der Waals surface area contributed by atoms with E-state index in [1.807, 2.05) is 0 Å². The second-order valence-electron chi connectivity index (χ2n) is 3.49. The third kappa shape index (κ3) is 5.14. The van der Waals surface area contributed by atoms with Gasteiger partial charge in [-0.1, -0.05) is 25.2 Å². The number of ether oxygens (including phenoxy) is 1. The first-order valence-electron chi connectivity index (χ1n) is 4.87. The number of nitrogens with zero attached hydrogens (tertiary/aromatic N) is 2. The van der Waals surface area contributed by atoms with E-state index in [1.165, 1.54) is 11.3 Å². The highest BCUT2D eigenvalue weighted by Gasteiger charge is 1.95. The van der Waals surface area contributed by atoms with E-state index in [2.05, 4.69) is 29.4 Å². The Morgan fingerprint density at radius 3 is 3.07 bits per heavy atom. The summed E-state index contributed by atoms with van der Waals surface area (Å²) in [6, 6.07) is 0. The van der Waals surface area contributed by atoms with Crippen LogP contribution in [-0.4, -0.2) is 30.0 Å². The van der Waals surface area contributed by atoms with Crippen LogP contribution in [0.25, 0.3) is 0 Å². The first kappa shape index (κ1) is 11.4. The molecule has 14 heavy (non-hydrogen) atoms. The van der Waals surface area contributed by atoms with Crippen molar-refractivity contribution < 1.29 is 4.74 Å². The molecule has 0 saturated carbocycles. The van der Waals surface area contributed by atoms with Crippen LogP contribution in [0.2, 0.25) is 0 Å². The van der Waals surface area contributed by atoms with E-state index in [4.69, 9.17) is 4.74 Å². The SMILES string of the molecule is CC(C)COCCCNc1nncs1. The summed E-state index contributed by atoms with van der Waals surface area (Å²) in [5.41, 5.74) is 1.72. The Morgan fingerprint density at radius 2 is 2.43 bits per heavy atom. The van der Waals surface area contributed by atoms with Gasteiger partial charge in [0, 0.05) is 19.8 Å². The number of aromatic nitrogens is 2. The molecule has 4 nitrogen and oxygen atoms in total. The summed E-state index contributed by atoms with van der Waals surface area (Å²) in [5.74, 6) is 0.617. The summed E-state index contributed by atoms with van der Waals surface area (Å²) in [4.78, 5) is 0. The number of hydrogen-bond acceptors (Lipinski definition) is 5. The normalized spacial score (nSPS) is 10.8. The van der Waals surface area contributed by atoms with Crippen LogP contribution in [0.1, 0.15) is 20.3 Å². The van der Waals surface area contributed by atoms with Crippen LogP contribution in [0.5, 0.6) is 0 Å². The summed E-state index contributed by atoms with van der Waals surface area (Å²) >= 11 is 1.52. The van der Waals surface area contributed by atoms with Crippen LogP contribution in [0.3, 0.4) is 0 Å². The molecule has 1 rings (SSSR count). The molecule has 0 aromatic carbocycles. The number of anilines is 1. The highest BCUT2D eigenvalue weighted by atomic mass is 32.1. The van der Waals surface area contributed by atoms with Gasteiger partial charge in [0.05, 0.1) is 0 Å². The van der Waals surface area contributed by atoms with Gasteiger partial charge in [-0.2, -0.15) is 0 Å². The van der Waals surface area contributed by atoms with E-state index in [0.29, 0.717) is 5.92 Å². The van der Waals surface area contributed by atoms with E-state index >= 15 is 0 Å². The van der Waals surface area contributed by atoms with Crippen LogP contribution in [0.4, 0.5) is 5.13 Å². The molecular formula is C9H17N3OS. The third-order valence-electron chi connectivity index (χ3n) is 1.55. The molecule has 0 unspecified atom stereocenters. The molecular weight excluding hydrogens is 198 g/mol. The van der Waals surface area contributed by atoms with Gasteiger partial charge in [-0.15, -0.1) is 10.2 Å². The maximum Gasteiger partial charge on any atom is 0.205 e. The Kier molecular flexibility index (Phi) is 5.47. The fourth-order valence-electron chi connectivity index (χ4n) is 0.939. The van der Waals surface area contributed by atoms with Crippen LogP contribution >= 0.6 is 11.3 Å². The van der Waals surface area contributed by atoms with Crippen LogP contribution in [-0.2, 0) is 4.74 Å². The topological polar surface area (TPSA) is 47.0 Å². The van der Waals surface area contributed by atoms with Gasteiger partial charge in [-0.05, 0) is 12.3 Å². The second kappa shape index (κ2) is 6.73. The smallest absolute Gasteiger partial charge is 0.205 e. The van der Waals surface area contributed by atoms with Gasteiger partial charge < -0.3 is 10.1 Å². The van der Waals surface area contributed by atoms with E-state index in [-0.39, 0.29) is 0 Å². The summed E-state index contributed by atoms with van der Waals surface area (Å²) in [7, 11) is 0. The lowest BCUT2D eigenvalue weighted by Crippen LogP contribution is -2.08. The Hall–Kier alpha value is -0.680. The van der Waals surface area contributed by atoms with E-state index in [1.54, 1.807) is 5.51 Å². The largest absolute Gasteiger partial charge is 0.381 e. The lowest BCUT2D eigenvalue weighted by molar-refractivity contribution is 0.110. The average Bonchev–Trinajstić information content (AvgIpc) is 2.63. The number of nitrogens with one attached hydrogen (secondary N) is 1. The van der Waals surface area contributed by atoms with Crippen molar-refractivity contribution in [2.24, 2.45) is 5.92 Å². The molecule has 5 heteroatoms. The monoisotopic (exact) mass is 215 g/mol. The minimum absolute atomic E-state index is 0.617. The molecule has 0 fully saturated rings. The molecule has 0 aliphatic heterocycles. The zero-order valence-electron chi connectivity index (χ0n) is 8.69. The summed E-state index contributed by atoms with van der Waals surface area (Å²) in [5, 5.41) is 11.7. The van der Waals surface area contributed by atoms with Crippen molar-refractivity contribution >= 4 is 16.5 Å². The van der Waals surface area contributed by atoms with Gasteiger partial charge in [-0.3, -0.25) is 0 Å². The van der Waals surface area contributed by atoms with Crippen molar-refractivity contribution in [2.75, 3.05) is 25.1 Å². The molecule has 0 aliphatic rings. The quantitative estimate of drug-likeness (QED) is 0.707. The lowest BCUT2D eigenvalue weighted by Gasteiger charge is -2.06. The number of rotatable bonds is 7. The Bertz CT molecular complexity index is 226. The molecule has 0 aliphatic carbocycles. The summed E-state index contributed by atoms with van der Waals surface area (Å²) < 4.78 is 5.44. The van der Waals surface area contributed by atoms with Crippen molar-refractivity contribution in [1.82, 2.24) is 10.2 Å². The molecule has 0 saturated heterocycles. The van der Waals surface area contributed by atoms with Crippen LogP contribution in [0, 0.1) is 5.92 Å². The van der Waals surface area contributed by atoms with Crippen molar-refractivity contribution in [3.8, 4) is 0 Å². The third-order valence-corrected chi connectivity index (χ3v) is 2.20. The Balaban J connectivity index is 1.90. The maximum atomic E-state index is 5.44. The fraction of sp³-hybridized carbons (Fsp3) is 0.778. The van der Waals surface area contributed by atoms with Crippen LogP contribution < -0.4 is 5.32 Å². The summed E-state index contributed by atoms with van der Waals surface area (Å²) in [6.07, 6.45) is 1.01. The van der Waals surface area contributed by atoms with E-state index < -0.39 is 0 Å². The molecule has 0 atom stereocenters. The highest BCUT2D eigenvalue weighted by molar-refractivity contribution is 7.13. The van der Waals surface area contributed by atoms with Crippen LogP contribution in [0.15, 0.2) is 5.51 Å². The minimum Gasteiger partial charge on any atom is -0.381 e. The molecule has 80 valence electrons. The standard InChI is InChI=1S/C9H17N3OS/c1-8(2)6-13-5-3-4-10-9-12-11-7-14-9/h7-8H,3-6H2,1-2H3,(H,10,12). The van der Waals surface area contributed by atoms with Gasteiger partial charge in [0.1, 0.15) is 5.51 Å². The molecule has 0 bridgehead atoms. The molecule has 1 aromatic heterocycles. The van der Waals surface area contributed by atoms with Gasteiger partial charge in [0.25, 0.3) is 0 Å². The summed E-state index contributed by atoms with van der Waals surface area (Å²) in [6.45, 7) is 6.86. The molecule has 1 aromatic rings. The Morgan fingerprint density at radius 1 is 1.57 bits per heavy atom. The maximum absolute atomic E-state index is 5.44. The van der Waals surface area contributed by atoms with Gasteiger partial charge >= 0.3 is 0 Å². The molecule has 0 radical (unpaired) electrons. The number of hydrogen-bond donors (Lipinski definition) is 1. The van der Waals surface area contributed by atoms with E-state index in [9.17, 15) is 0 Å². The fourth-order valence-corrected chi connectivity index (χ4v) is 1.41. The predicted octanol–water partition coefficient (Wildman–Crippen LogP) is 2.01. The van der Waals surface area contributed by atoms with Crippen molar-refractivity contribution in [3.05, 3.63) is 5.51 Å². The molecule has 0 spiro atoms. The minimum atomic E-state index is 0.617. The van der Waals surface area contributed by atoms with Gasteiger partial charge in [-0.25, -0.2) is 0 Å². The first-order chi connectivity index (χ1) is 6.79. The molecule has 1 N–H and O–H groups in total. The molecule has 0 amide bonds. The lowest BCUT2D eigenvalue weighted by atomic mass is 10.2. The van der Waals surface area contributed by atoms with E-state index in [0.717, 1.165) is 31.3 Å². The zero-order valence-corrected chi connectivity index (χ0v) is 9.51. The first-order valence-corrected chi connectivity index (χ1v) is 5.75. The van der Waals surface area contributed by atoms with Crippen molar-refractivity contribution in [2.45, 2.75) is 20.3 Å². The van der Waals surface area contributed by atoms with Crippen molar-refractivity contribution in [1.29, 1.82) is 0 Å². The average molecular weight is 215 g/mol. The second-order valence-corrected chi connectivity index (χ2v) is 4.33. The van der Waals surface area contributed by atoms with Gasteiger partial charge in [0.15, 0.2) is 0 Å². The Labute approximate surface area is 88.7 Å². The molecule has 1 heterocycles. The zero-order chi connectivity index (χ0) is 10.2. The predicted molar refractivity (Wildman–Crippen MR) is 58.7 cm³/mol. The van der Waals surface area contributed by atoms with Gasteiger partial charge in [0.2, 0.25) is 5.13 Å².